The number of nitrogens with one attached hydrogen (secondary N) is 1. The summed E-state index contributed by atoms with van der Waals surface area (Å²) in [5.41, 5.74) is 4.47. The second kappa shape index (κ2) is 10.2. The Labute approximate surface area is 184 Å². The minimum Gasteiger partial charge on any atom is -0.492 e. The van der Waals surface area contributed by atoms with Crippen molar-refractivity contribution in [1.82, 2.24) is 19.8 Å². The zero-order valence-electron chi connectivity index (χ0n) is 18.7. The van der Waals surface area contributed by atoms with Gasteiger partial charge in [0.1, 0.15) is 18.7 Å². The highest BCUT2D eigenvalue weighted by molar-refractivity contribution is 5.93. The van der Waals surface area contributed by atoms with Gasteiger partial charge in [0, 0.05) is 34.7 Å². The van der Waals surface area contributed by atoms with Crippen molar-refractivity contribution in [3.63, 3.8) is 0 Å². The van der Waals surface area contributed by atoms with Gasteiger partial charge in [0.05, 0.1) is 6.54 Å². The average Bonchev–Trinajstić information content (AvgIpc) is 3.43. The van der Waals surface area contributed by atoms with Gasteiger partial charge in [0.15, 0.2) is 0 Å². The number of carbonyl (C=O) groups is 1. The number of hydrogen-bond acceptors (Lipinski definition) is 6. The quantitative estimate of drug-likeness (QED) is 0.703. The highest BCUT2D eigenvalue weighted by atomic mass is 16.5. The molecule has 7 heteroatoms. The third kappa shape index (κ3) is 5.60. The van der Waals surface area contributed by atoms with Gasteiger partial charge in [-0.1, -0.05) is 0 Å². The molecule has 2 saturated heterocycles. The van der Waals surface area contributed by atoms with Crippen LogP contribution >= 0.6 is 0 Å². The van der Waals surface area contributed by atoms with E-state index in [1.54, 1.807) is 6.33 Å². The number of amides is 1. The van der Waals surface area contributed by atoms with Gasteiger partial charge in [-0.3, -0.25) is 14.6 Å². The van der Waals surface area contributed by atoms with E-state index in [1.807, 2.05) is 32.0 Å². The number of aryl methyl sites for hydroxylation is 2. The summed E-state index contributed by atoms with van der Waals surface area (Å²) in [6.07, 6.45) is 6.48. The Kier molecular flexibility index (Phi) is 7.14. The molecule has 7 nitrogen and oxygen atoms in total. The predicted octanol–water partition coefficient (Wildman–Crippen LogP) is 3.27. The molecule has 1 amide bonds. The predicted molar refractivity (Wildman–Crippen MR) is 122 cm³/mol. The highest BCUT2D eigenvalue weighted by Gasteiger charge is 2.18. The SMILES string of the molecule is Cc1ncnc(C)c1-c1cc(NC(=O)CN2CCCC2)ccc1OCCN1CCCC1. The Bertz CT molecular complexity index is 885. The lowest BCUT2D eigenvalue weighted by molar-refractivity contribution is -0.117. The van der Waals surface area contributed by atoms with Gasteiger partial charge in [-0.15, -0.1) is 0 Å². The van der Waals surface area contributed by atoms with Gasteiger partial charge in [-0.2, -0.15) is 0 Å². The van der Waals surface area contributed by atoms with E-state index < -0.39 is 0 Å². The maximum Gasteiger partial charge on any atom is 0.238 e. The van der Waals surface area contributed by atoms with Gasteiger partial charge in [0.2, 0.25) is 5.91 Å². The fourth-order valence-electron chi connectivity index (χ4n) is 4.55. The van der Waals surface area contributed by atoms with Crippen LogP contribution in [0.25, 0.3) is 11.1 Å². The van der Waals surface area contributed by atoms with Crippen molar-refractivity contribution in [1.29, 1.82) is 0 Å². The normalized spacial score (nSPS) is 17.2. The lowest BCUT2D eigenvalue weighted by atomic mass is 10.0. The number of anilines is 1. The van der Waals surface area contributed by atoms with Crippen LogP contribution in [-0.2, 0) is 4.79 Å². The Morgan fingerprint density at radius 1 is 1.00 bits per heavy atom. The molecule has 1 aromatic heterocycles. The molecule has 2 fully saturated rings. The van der Waals surface area contributed by atoms with E-state index in [0.29, 0.717) is 13.2 Å². The van der Waals surface area contributed by atoms with Crippen molar-refractivity contribution in [2.24, 2.45) is 0 Å². The molecule has 1 N–H and O–H groups in total. The number of ether oxygens (including phenoxy) is 1. The molecule has 31 heavy (non-hydrogen) atoms. The van der Waals surface area contributed by atoms with Crippen molar-refractivity contribution in [3.8, 4) is 16.9 Å². The topological polar surface area (TPSA) is 70.6 Å². The molecule has 0 radical (unpaired) electrons. The molecule has 0 bridgehead atoms. The molecule has 3 heterocycles. The van der Waals surface area contributed by atoms with Crippen molar-refractivity contribution in [2.45, 2.75) is 39.5 Å². The van der Waals surface area contributed by atoms with Gasteiger partial charge >= 0.3 is 0 Å². The Balaban J connectivity index is 1.53. The zero-order valence-corrected chi connectivity index (χ0v) is 18.7. The van der Waals surface area contributed by atoms with E-state index in [4.69, 9.17) is 4.74 Å². The molecular weight excluding hydrogens is 390 g/mol. The van der Waals surface area contributed by atoms with Crippen molar-refractivity contribution in [3.05, 3.63) is 35.9 Å². The second-order valence-corrected chi connectivity index (χ2v) is 8.56. The molecule has 0 spiro atoms. The molecule has 0 unspecified atom stereocenters. The number of carbonyl (C=O) groups excluding carboxylic acids is 1. The van der Waals surface area contributed by atoms with Crippen LogP contribution in [0.3, 0.4) is 0 Å². The summed E-state index contributed by atoms with van der Waals surface area (Å²) >= 11 is 0. The van der Waals surface area contributed by atoms with Crippen molar-refractivity contribution in [2.75, 3.05) is 51.2 Å². The van der Waals surface area contributed by atoms with Crippen LogP contribution in [0.1, 0.15) is 37.1 Å². The monoisotopic (exact) mass is 423 g/mol. The van der Waals surface area contributed by atoms with Crippen LogP contribution in [0.2, 0.25) is 0 Å². The molecular formula is C24H33N5O2. The molecule has 2 aromatic rings. The Hall–Kier alpha value is -2.51. The minimum absolute atomic E-state index is 0.0216. The van der Waals surface area contributed by atoms with E-state index in [0.717, 1.165) is 66.7 Å². The lowest BCUT2D eigenvalue weighted by Gasteiger charge is -2.19. The number of rotatable bonds is 8. The van der Waals surface area contributed by atoms with Gasteiger partial charge in [-0.25, -0.2) is 9.97 Å². The first-order valence-corrected chi connectivity index (χ1v) is 11.4. The number of benzene rings is 1. The maximum absolute atomic E-state index is 12.5. The first-order valence-electron chi connectivity index (χ1n) is 11.4. The largest absolute Gasteiger partial charge is 0.492 e. The smallest absolute Gasteiger partial charge is 0.238 e. The van der Waals surface area contributed by atoms with Crippen LogP contribution < -0.4 is 10.1 Å². The van der Waals surface area contributed by atoms with E-state index in [-0.39, 0.29) is 5.91 Å². The van der Waals surface area contributed by atoms with Crippen molar-refractivity contribution < 1.29 is 9.53 Å². The fourth-order valence-corrected chi connectivity index (χ4v) is 4.55. The summed E-state index contributed by atoms with van der Waals surface area (Å²) < 4.78 is 6.21. The third-order valence-electron chi connectivity index (χ3n) is 6.19. The molecule has 166 valence electrons. The highest BCUT2D eigenvalue weighted by Crippen LogP contribution is 2.35. The molecule has 0 aliphatic carbocycles. The van der Waals surface area contributed by atoms with E-state index in [1.165, 1.54) is 25.7 Å². The van der Waals surface area contributed by atoms with Crippen LogP contribution in [-0.4, -0.2) is 71.6 Å². The molecule has 4 rings (SSSR count). The van der Waals surface area contributed by atoms with Crippen LogP contribution in [0.4, 0.5) is 5.69 Å². The molecule has 1 aromatic carbocycles. The molecule has 0 atom stereocenters. The molecule has 0 saturated carbocycles. The van der Waals surface area contributed by atoms with Gasteiger partial charge in [-0.05, 0) is 83.9 Å². The summed E-state index contributed by atoms with van der Waals surface area (Å²) in [5.74, 6) is 0.825. The minimum atomic E-state index is 0.0216. The third-order valence-corrected chi connectivity index (χ3v) is 6.19. The van der Waals surface area contributed by atoms with Crippen molar-refractivity contribution >= 4 is 11.6 Å². The number of likely N-dealkylation sites (tertiary alicyclic amines) is 2. The van der Waals surface area contributed by atoms with Gasteiger partial charge < -0.3 is 10.1 Å². The summed E-state index contributed by atoms with van der Waals surface area (Å²) in [5, 5.41) is 3.06. The fraction of sp³-hybridized carbons (Fsp3) is 0.542. The van der Waals surface area contributed by atoms with Gasteiger partial charge in [0.25, 0.3) is 0 Å². The maximum atomic E-state index is 12.5. The first-order chi connectivity index (χ1) is 15.1. The van der Waals surface area contributed by atoms with E-state index in [2.05, 4.69) is 25.1 Å². The Morgan fingerprint density at radius 3 is 2.32 bits per heavy atom. The zero-order chi connectivity index (χ0) is 21.6. The van der Waals surface area contributed by atoms with Crippen LogP contribution in [0.15, 0.2) is 24.5 Å². The van der Waals surface area contributed by atoms with Crippen LogP contribution in [0.5, 0.6) is 5.75 Å². The van der Waals surface area contributed by atoms with Crippen LogP contribution in [0, 0.1) is 13.8 Å². The molecule has 2 aliphatic rings. The number of nitrogens with zero attached hydrogens (tertiary/aromatic N) is 4. The summed E-state index contributed by atoms with van der Waals surface area (Å²) in [4.78, 5) is 26.0. The molecule has 2 aliphatic heterocycles. The second-order valence-electron chi connectivity index (χ2n) is 8.56. The number of hydrogen-bond donors (Lipinski definition) is 1. The lowest BCUT2D eigenvalue weighted by Crippen LogP contribution is -2.30. The summed E-state index contributed by atoms with van der Waals surface area (Å²) in [7, 11) is 0. The average molecular weight is 424 g/mol. The van der Waals surface area contributed by atoms with E-state index in [9.17, 15) is 4.79 Å². The Morgan fingerprint density at radius 2 is 1.65 bits per heavy atom. The van der Waals surface area contributed by atoms with E-state index >= 15 is 0 Å². The number of aromatic nitrogens is 2. The standard InChI is InChI=1S/C24H33N5O2/c1-18-24(19(2)26-17-25-18)21-15-20(27-23(30)16-29-11-5-6-12-29)7-8-22(21)31-14-13-28-9-3-4-10-28/h7-8,15,17H,3-6,9-14,16H2,1-2H3,(H,27,30). The summed E-state index contributed by atoms with van der Waals surface area (Å²) in [6.45, 7) is 10.3. The summed E-state index contributed by atoms with van der Waals surface area (Å²) in [6, 6.07) is 5.87. The first kappa shape index (κ1) is 21.7.